The van der Waals surface area contributed by atoms with E-state index in [1.807, 2.05) is 12.2 Å². The summed E-state index contributed by atoms with van der Waals surface area (Å²) >= 11 is 0. The summed E-state index contributed by atoms with van der Waals surface area (Å²) in [5.41, 5.74) is 0. The van der Waals surface area contributed by atoms with Crippen LogP contribution in [0.3, 0.4) is 0 Å². The topological polar surface area (TPSA) is 183 Å². The number of nitrogens with zero attached hydrogens (tertiary/aromatic N) is 3. The van der Waals surface area contributed by atoms with Crippen LogP contribution in [0.2, 0.25) is 0 Å². The van der Waals surface area contributed by atoms with Crippen LogP contribution in [-0.4, -0.2) is 63.0 Å². The Bertz CT molecular complexity index is 1060. The molecule has 4 amide bonds. The van der Waals surface area contributed by atoms with Crippen molar-refractivity contribution < 1.29 is 33.9 Å². The highest BCUT2D eigenvalue weighted by molar-refractivity contribution is 6.09. The molecular formula is C21H23N5O8. The van der Waals surface area contributed by atoms with Crippen molar-refractivity contribution in [1.82, 2.24) is 20.2 Å². The van der Waals surface area contributed by atoms with Crippen LogP contribution >= 0.6 is 0 Å². The molecule has 2 aliphatic heterocycles. The zero-order chi connectivity index (χ0) is 24.3. The number of imide groups is 2. The Morgan fingerprint density at radius 2 is 1.53 bits per heavy atom. The molecule has 4 aliphatic carbocycles. The van der Waals surface area contributed by atoms with Gasteiger partial charge in [0, 0.05) is 7.11 Å². The van der Waals surface area contributed by atoms with Crippen molar-refractivity contribution in [3.63, 3.8) is 0 Å². The third-order valence-corrected chi connectivity index (χ3v) is 7.65. The predicted octanol–water partition coefficient (Wildman–Crippen LogP) is -1.38. The summed E-state index contributed by atoms with van der Waals surface area (Å²) in [7, 11) is 1.45. The molecule has 1 aromatic rings. The zero-order valence-corrected chi connectivity index (χ0v) is 18.1. The molecule has 9 atom stereocenters. The maximum absolute atomic E-state index is 12.0. The van der Waals surface area contributed by atoms with E-state index < -0.39 is 11.0 Å². The Labute approximate surface area is 192 Å². The third kappa shape index (κ3) is 3.18. The fourth-order valence-electron chi connectivity index (χ4n) is 6.53. The second-order valence-electron chi connectivity index (χ2n) is 9.25. The summed E-state index contributed by atoms with van der Waals surface area (Å²) in [6.07, 6.45) is 5.96. The number of fused-ring (bicyclic) bond motifs is 1. The van der Waals surface area contributed by atoms with E-state index in [2.05, 4.69) is 15.6 Å². The summed E-state index contributed by atoms with van der Waals surface area (Å²) in [5, 5.41) is 24.6. The lowest BCUT2D eigenvalue weighted by molar-refractivity contribution is -0.397. The fraction of sp³-hybridized carbons (Fsp3) is 0.571. The molecule has 2 bridgehead atoms. The quantitative estimate of drug-likeness (QED) is 0.201. The molecule has 4 fully saturated rings. The minimum atomic E-state index is -0.770. The Hall–Kier alpha value is -3.45. The molecule has 2 saturated heterocycles. The van der Waals surface area contributed by atoms with Gasteiger partial charge in [-0.05, 0) is 28.6 Å². The maximum atomic E-state index is 12.0. The summed E-state index contributed by atoms with van der Waals surface area (Å²) in [6.45, 7) is 0.236. The summed E-state index contributed by atoms with van der Waals surface area (Å²) < 4.78 is 5.97. The number of hydrogen-bond acceptors (Lipinski definition) is 9. The van der Waals surface area contributed by atoms with Gasteiger partial charge in [0.1, 0.15) is 18.5 Å². The molecule has 0 aromatic carbocycles. The molecule has 0 spiro atoms. The molecule has 6 aliphatic rings. The first-order valence-electron chi connectivity index (χ1n) is 10.9. The van der Waals surface area contributed by atoms with E-state index in [0.717, 1.165) is 0 Å². The number of carbonyl (C=O) groups is 4. The first-order chi connectivity index (χ1) is 16.2. The van der Waals surface area contributed by atoms with Gasteiger partial charge < -0.3 is 20.0 Å². The van der Waals surface area contributed by atoms with Crippen molar-refractivity contribution in [2.45, 2.75) is 12.6 Å². The number of aliphatic hydroxyl groups is 1. The van der Waals surface area contributed by atoms with Crippen LogP contribution in [0.1, 0.15) is 0 Å². The number of hydrogen-bond donors (Lipinski definition) is 3. The van der Waals surface area contributed by atoms with Crippen molar-refractivity contribution in [2.75, 3.05) is 13.7 Å². The highest BCUT2D eigenvalue weighted by Crippen LogP contribution is 2.66. The van der Waals surface area contributed by atoms with Gasteiger partial charge in [-0.2, -0.15) is 0 Å². The zero-order valence-electron chi connectivity index (χ0n) is 18.1. The van der Waals surface area contributed by atoms with Crippen molar-refractivity contribution in [3.8, 4) is 0 Å². The second kappa shape index (κ2) is 8.09. The van der Waals surface area contributed by atoms with Crippen molar-refractivity contribution >= 4 is 29.6 Å². The number of rotatable bonds is 5. The Kier molecular flexibility index (Phi) is 5.32. The predicted molar refractivity (Wildman–Crippen MR) is 110 cm³/mol. The van der Waals surface area contributed by atoms with Gasteiger partial charge in [0.25, 0.3) is 0 Å². The van der Waals surface area contributed by atoms with Gasteiger partial charge in [-0.3, -0.25) is 29.8 Å². The van der Waals surface area contributed by atoms with Crippen molar-refractivity contribution in [3.05, 3.63) is 34.7 Å². The van der Waals surface area contributed by atoms with Gasteiger partial charge in [-0.1, -0.05) is 17.1 Å². The molecule has 13 heteroatoms. The summed E-state index contributed by atoms with van der Waals surface area (Å²) in [5.74, 6) is -2.49. The molecule has 13 nitrogen and oxygen atoms in total. The van der Waals surface area contributed by atoms with Crippen LogP contribution in [0.5, 0.6) is 0 Å². The van der Waals surface area contributed by atoms with Crippen LogP contribution < -0.4 is 10.6 Å². The molecule has 1 aromatic heterocycles. The number of nitrogens with one attached hydrogen (secondary N) is 2. The lowest BCUT2D eigenvalue weighted by atomic mass is 9.40. The number of carbonyl (C=O) groups excluding carboxylic acids is 4. The second-order valence-corrected chi connectivity index (χ2v) is 9.25. The van der Waals surface area contributed by atoms with E-state index in [-0.39, 0.29) is 90.1 Å². The number of aliphatic hydroxyl groups excluding tert-OH is 1. The van der Waals surface area contributed by atoms with Crippen LogP contribution in [-0.2, 0) is 30.5 Å². The number of methoxy groups -OCH3 is 1. The van der Waals surface area contributed by atoms with Crippen LogP contribution in [0.25, 0.3) is 0 Å². The number of allylic oxidation sites excluding steroid dienone is 2. The van der Waals surface area contributed by atoms with Crippen molar-refractivity contribution in [1.29, 1.82) is 0 Å². The molecule has 7 rings (SSSR count). The first-order valence-corrected chi connectivity index (χ1v) is 10.9. The average molecular weight is 473 g/mol. The molecular weight excluding hydrogens is 450 g/mol. The van der Waals surface area contributed by atoms with E-state index >= 15 is 0 Å². The van der Waals surface area contributed by atoms with Gasteiger partial charge in [0.05, 0.1) is 36.8 Å². The monoisotopic (exact) mass is 473 g/mol. The van der Waals surface area contributed by atoms with E-state index in [1.54, 1.807) is 0 Å². The lowest BCUT2D eigenvalue weighted by Crippen LogP contribution is -2.63. The molecule has 34 heavy (non-hydrogen) atoms. The van der Waals surface area contributed by atoms with Gasteiger partial charge in [-0.15, -0.1) is 0 Å². The SMILES string of the molecule is COCC(O)Cn1ccnc1[N+](=O)[O-].O=C1NC(=O)[C@H]2[C@H]3C=C[C@@H]([C@@H]12)[C@@H]1[C@H]2C(=O)NC(=O)[C@H]2[C@H]31. The Balaban J connectivity index is 0.000000153. The van der Waals surface area contributed by atoms with Crippen LogP contribution in [0.15, 0.2) is 24.5 Å². The number of aromatic nitrogens is 2. The maximum Gasteiger partial charge on any atom is 0.434 e. The van der Waals surface area contributed by atoms with Gasteiger partial charge in [0.15, 0.2) is 0 Å². The standard InChI is InChI=1S/C14H12N2O4.C7H11N3O4/c17-11-7-3-1-2-4(8(7)12(18)15-11)6-5(3)9-10(6)14(20)16-13(9)19;1-14-5-6(11)4-9-3-2-8-7(9)10(12)13/h1-10H,(H,15,17,18)(H,16,19,20);2-3,6,11H,4-5H2,1H3/t3-,4+,5+,6-,7-,8+,9-,10+;. The van der Waals surface area contributed by atoms with E-state index in [1.165, 1.54) is 24.1 Å². The smallest absolute Gasteiger partial charge is 0.390 e. The molecule has 180 valence electrons. The fourth-order valence-corrected chi connectivity index (χ4v) is 6.53. The first kappa shape index (κ1) is 22.3. The Morgan fingerprint density at radius 1 is 1.03 bits per heavy atom. The van der Waals surface area contributed by atoms with Gasteiger partial charge in [-0.25, -0.2) is 4.57 Å². The molecule has 1 unspecified atom stereocenters. The van der Waals surface area contributed by atoms with Gasteiger partial charge in [0.2, 0.25) is 23.6 Å². The number of nitro groups is 1. The highest BCUT2D eigenvalue weighted by atomic mass is 16.6. The minimum absolute atomic E-state index is 0.0411. The number of ether oxygens (including phenoxy) is 1. The van der Waals surface area contributed by atoms with E-state index in [4.69, 9.17) is 4.74 Å². The largest absolute Gasteiger partial charge is 0.434 e. The minimum Gasteiger partial charge on any atom is -0.390 e. The summed E-state index contributed by atoms with van der Waals surface area (Å²) in [6, 6.07) is 0. The summed E-state index contributed by atoms with van der Waals surface area (Å²) in [4.78, 5) is 61.1. The molecule has 0 radical (unpaired) electrons. The molecule has 3 heterocycles. The normalized spacial score (nSPS) is 37.0. The third-order valence-electron chi connectivity index (χ3n) is 7.65. The lowest BCUT2D eigenvalue weighted by Gasteiger charge is -2.60. The molecule has 2 saturated carbocycles. The van der Waals surface area contributed by atoms with Crippen molar-refractivity contribution in [2.24, 2.45) is 47.3 Å². The number of amides is 4. The Morgan fingerprint density at radius 3 is 2.00 bits per heavy atom. The van der Waals surface area contributed by atoms with E-state index in [0.29, 0.717) is 0 Å². The highest BCUT2D eigenvalue weighted by Gasteiger charge is 2.72. The van der Waals surface area contributed by atoms with Gasteiger partial charge >= 0.3 is 5.95 Å². The van der Waals surface area contributed by atoms with Crippen LogP contribution in [0, 0.1) is 57.5 Å². The van der Waals surface area contributed by atoms with E-state index in [9.17, 15) is 34.4 Å². The number of imidazole rings is 1. The average Bonchev–Trinajstić information content (AvgIpc) is 3.40. The van der Waals surface area contributed by atoms with Crippen LogP contribution in [0.4, 0.5) is 5.95 Å². The molecule has 3 N–H and O–H groups in total.